The molecule has 3 heteroatoms. The summed E-state index contributed by atoms with van der Waals surface area (Å²) >= 11 is 0. The molecule has 0 fully saturated rings. The number of ketones is 1. The summed E-state index contributed by atoms with van der Waals surface area (Å²) in [5, 5.41) is 0. The van der Waals surface area contributed by atoms with E-state index in [-0.39, 0.29) is 11.7 Å². The number of benzene rings is 1. The Morgan fingerprint density at radius 1 is 1.47 bits per heavy atom. The predicted octanol–water partition coefficient (Wildman–Crippen LogP) is 2.90. The molecule has 0 saturated carbocycles. The van der Waals surface area contributed by atoms with E-state index in [4.69, 9.17) is 0 Å². The lowest BCUT2D eigenvalue weighted by Crippen LogP contribution is -2.10. The number of carbonyl (C=O) groups is 1. The van der Waals surface area contributed by atoms with Gasteiger partial charge in [0, 0.05) is 5.92 Å². The molecule has 0 bridgehead atoms. The first-order valence-corrected chi connectivity index (χ1v) is 4.64. The highest BCUT2D eigenvalue weighted by atomic mass is 19.2. The van der Waals surface area contributed by atoms with E-state index < -0.39 is 11.6 Å². The van der Waals surface area contributed by atoms with Gasteiger partial charge in [0.15, 0.2) is 17.4 Å². The quantitative estimate of drug-likeness (QED) is 0.698. The van der Waals surface area contributed by atoms with E-state index in [1.165, 1.54) is 12.1 Å². The first-order valence-electron chi connectivity index (χ1n) is 4.64. The van der Waals surface area contributed by atoms with Crippen molar-refractivity contribution in [3.05, 3.63) is 48.1 Å². The predicted molar refractivity (Wildman–Crippen MR) is 54.4 cm³/mol. The normalized spacial score (nSPS) is 12.2. The molecule has 0 spiro atoms. The van der Waals surface area contributed by atoms with Gasteiger partial charge in [0.05, 0.1) is 0 Å². The third-order valence-electron chi connectivity index (χ3n) is 2.21. The molecule has 1 atom stereocenters. The standard InChI is InChI=1S/C12H12F2O/c1-3-12(15)8(2)6-9-4-5-10(13)11(14)7-9/h3-5,7-8H,1,6H2,2H3. The van der Waals surface area contributed by atoms with Crippen molar-refractivity contribution in [1.29, 1.82) is 0 Å². The molecule has 0 N–H and O–H groups in total. The van der Waals surface area contributed by atoms with E-state index in [1.807, 2.05) is 0 Å². The Morgan fingerprint density at radius 2 is 2.13 bits per heavy atom. The lowest BCUT2D eigenvalue weighted by Gasteiger charge is -2.07. The molecular weight excluding hydrogens is 198 g/mol. The molecule has 0 radical (unpaired) electrons. The summed E-state index contributed by atoms with van der Waals surface area (Å²) in [5.74, 6) is -2.11. The van der Waals surface area contributed by atoms with Crippen LogP contribution in [0.5, 0.6) is 0 Å². The largest absolute Gasteiger partial charge is 0.295 e. The highest BCUT2D eigenvalue weighted by Gasteiger charge is 2.11. The number of rotatable bonds is 4. The Balaban J connectivity index is 2.77. The van der Waals surface area contributed by atoms with Gasteiger partial charge in [-0.2, -0.15) is 0 Å². The van der Waals surface area contributed by atoms with Crippen LogP contribution in [0.4, 0.5) is 8.78 Å². The van der Waals surface area contributed by atoms with E-state index in [2.05, 4.69) is 6.58 Å². The van der Waals surface area contributed by atoms with Crippen LogP contribution in [0.1, 0.15) is 12.5 Å². The van der Waals surface area contributed by atoms with Crippen molar-refractivity contribution in [2.75, 3.05) is 0 Å². The third kappa shape index (κ3) is 2.98. The second kappa shape index (κ2) is 4.82. The van der Waals surface area contributed by atoms with Crippen molar-refractivity contribution < 1.29 is 13.6 Å². The molecule has 0 heterocycles. The number of halogens is 2. The summed E-state index contributed by atoms with van der Waals surface area (Å²) in [4.78, 5) is 11.2. The van der Waals surface area contributed by atoms with Gasteiger partial charge in [-0.25, -0.2) is 8.78 Å². The summed E-state index contributed by atoms with van der Waals surface area (Å²) in [7, 11) is 0. The average Bonchev–Trinajstić information content (AvgIpc) is 2.22. The molecule has 0 amide bonds. The maximum absolute atomic E-state index is 12.8. The Kier molecular flexibility index (Phi) is 3.72. The van der Waals surface area contributed by atoms with E-state index >= 15 is 0 Å². The molecule has 1 aromatic rings. The second-order valence-electron chi connectivity index (χ2n) is 3.46. The lowest BCUT2D eigenvalue weighted by atomic mass is 9.97. The molecule has 0 aliphatic rings. The number of carbonyl (C=O) groups excluding carboxylic acids is 1. The molecule has 1 nitrogen and oxygen atoms in total. The smallest absolute Gasteiger partial charge is 0.159 e. The monoisotopic (exact) mass is 210 g/mol. The minimum absolute atomic E-state index is 0.0975. The average molecular weight is 210 g/mol. The Labute approximate surface area is 87.4 Å². The molecule has 1 unspecified atom stereocenters. The Hall–Kier alpha value is -1.51. The van der Waals surface area contributed by atoms with Crippen molar-refractivity contribution in [3.8, 4) is 0 Å². The van der Waals surface area contributed by atoms with Gasteiger partial charge >= 0.3 is 0 Å². The molecule has 0 aliphatic carbocycles. The Morgan fingerprint density at radius 3 is 2.67 bits per heavy atom. The van der Waals surface area contributed by atoms with Gasteiger partial charge < -0.3 is 0 Å². The zero-order valence-corrected chi connectivity index (χ0v) is 8.47. The molecule has 0 aromatic heterocycles. The van der Waals surface area contributed by atoms with Crippen molar-refractivity contribution in [2.24, 2.45) is 5.92 Å². The molecule has 0 aliphatic heterocycles. The molecule has 15 heavy (non-hydrogen) atoms. The lowest BCUT2D eigenvalue weighted by molar-refractivity contribution is -0.117. The molecule has 1 rings (SSSR count). The van der Waals surface area contributed by atoms with Gasteiger partial charge in [-0.1, -0.05) is 19.6 Å². The van der Waals surface area contributed by atoms with E-state index in [0.29, 0.717) is 12.0 Å². The first-order chi connectivity index (χ1) is 7.04. The fraction of sp³-hybridized carbons (Fsp3) is 0.250. The van der Waals surface area contributed by atoms with Crippen molar-refractivity contribution in [3.63, 3.8) is 0 Å². The second-order valence-corrected chi connectivity index (χ2v) is 3.46. The van der Waals surface area contributed by atoms with Crippen LogP contribution >= 0.6 is 0 Å². The van der Waals surface area contributed by atoms with Crippen molar-refractivity contribution in [2.45, 2.75) is 13.3 Å². The minimum atomic E-state index is -0.884. The topological polar surface area (TPSA) is 17.1 Å². The summed E-state index contributed by atoms with van der Waals surface area (Å²) < 4.78 is 25.4. The van der Waals surface area contributed by atoms with Crippen molar-refractivity contribution in [1.82, 2.24) is 0 Å². The highest BCUT2D eigenvalue weighted by Crippen LogP contribution is 2.13. The van der Waals surface area contributed by atoms with Gasteiger partial charge in [-0.15, -0.1) is 0 Å². The van der Waals surface area contributed by atoms with Crippen LogP contribution in [0.3, 0.4) is 0 Å². The molecule has 80 valence electrons. The van der Waals surface area contributed by atoms with Crippen LogP contribution in [0, 0.1) is 17.6 Å². The van der Waals surface area contributed by atoms with Gasteiger partial charge in [-0.3, -0.25) is 4.79 Å². The van der Waals surface area contributed by atoms with Crippen LogP contribution in [-0.4, -0.2) is 5.78 Å². The van der Waals surface area contributed by atoms with E-state index in [1.54, 1.807) is 6.92 Å². The minimum Gasteiger partial charge on any atom is -0.295 e. The van der Waals surface area contributed by atoms with Crippen LogP contribution in [0.25, 0.3) is 0 Å². The fourth-order valence-corrected chi connectivity index (χ4v) is 1.32. The van der Waals surface area contributed by atoms with E-state index in [9.17, 15) is 13.6 Å². The van der Waals surface area contributed by atoms with Gasteiger partial charge in [-0.05, 0) is 30.2 Å². The SMILES string of the molecule is C=CC(=O)C(C)Cc1ccc(F)c(F)c1. The van der Waals surface area contributed by atoms with Crippen molar-refractivity contribution >= 4 is 5.78 Å². The number of allylic oxidation sites excluding steroid dienone is 1. The van der Waals surface area contributed by atoms with Gasteiger partial charge in [0.25, 0.3) is 0 Å². The summed E-state index contributed by atoms with van der Waals surface area (Å²) in [6.07, 6.45) is 1.63. The first kappa shape index (κ1) is 11.6. The highest BCUT2D eigenvalue weighted by molar-refractivity contribution is 5.91. The van der Waals surface area contributed by atoms with Gasteiger partial charge in [0.1, 0.15) is 0 Å². The maximum atomic E-state index is 12.8. The number of hydrogen-bond donors (Lipinski definition) is 0. The fourth-order valence-electron chi connectivity index (χ4n) is 1.32. The maximum Gasteiger partial charge on any atom is 0.159 e. The summed E-state index contributed by atoms with van der Waals surface area (Å²) in [6.45, 7) is 5.10. The molecule has 1 aromatic carbocycles. The van der Waals surface area contributed by atoms with Crippen LogP contribution in [-0.2, 0) is 11.2 Å². The zero-order valence-electron chi connectivity index (χ0n) is 8.47. The Bertz CT molecular complexity index is 385. The summed E-state index contributed by atoms with van der Waals surface area (Å²) in [5.41, 5.74) is 0.608. The molecule has 0 saturated heterocycles. The third-order valence-corrected chi connectivity index (χ3v) is 2.21. The van der Waals surface area contributed by atoms with Crippen LogP contribution < -0.4 is 0 Å². The van der Waals surface area contributed by atoms with Gasteiger partial charge in [0.2, 0.25) is 0 Å². The molecular formula is C12H12F2O. The summed E-state index contributed by atoms with van der Waals surface area (Å²) in [6, 6.07) is 3.66. The zero-order chi connectivity index (χ0) is 11.4. The van der Waals surface area contributed by atoms with E-state index in [0.717, 1.165) is 12.1 Å². The van der Waals surface area contributed by atoms with Crippen LogP contribution in [0.2, 0.25) is 0 Å². The number of hydrogen-bond acceptors (Lipinski definition) is 1. The van der Waals surface area contributed by atoms with Crippen LogP contribution in [0.15, 0.2) is 30.9 Å².